The molecule has 0 saturated heterocycles. The SMILES string of the molecule is CCNC(C)CC(=O)N(CC)C1CCCCC1. The van der Waals surface area contributed by atoms with E-state index in [9.17, 15) is 4.79 Å². The normalized spacial score (nSPS) is 19.0. The van der Waals surface area contributed by atoms with Gasteiger partial charge in [-0.25, -0.2) is 0 Å². The largest absolute Gasteiger partial charge is 0.340 e. The zero-order valence-electron chi connectivity index (χ0n) is 11.7. The third kappa shape index (κ3) is 4.66. The molecule has 100 valence electrons. The quantitative estimate of drug-likeness (QED) is 0.774. The van der Waals surface area contributed by atoms with Gasteiger partial charge in [0, 0.05) is 25.0 Å². The molecule has 0 bridgehead atoms. The Morgan fingerprint density at radius 1 is 1.29 bits per heavy atom. The van der Waals surface area contributed by atoms with Gasteiger partial charge in [-0.2, -0.15) is 0 Å². The van der Waals surface area contributed by atoms with Crippen molar-refractivity contribution in [3.05, 3.63) is 0 Å². The average Bonchev–Trinajstić information content (AvgIpc) is 2.31. The number of carbonyl (C=O) groups excluding carboxylic acids is 1. The predicted octanol–water partition coefficient (Wildman–Crippen LogP) is 2.56. The monoisotopic (exact) mass is 240 g/mol. The van der Waals surface area contributed by atoms with Crippen molar-refractivity contribution in [2.75, 3.05) is 13.1 Å². The summed E-state index contributed by atoms with van der Waals surface area (Å²) < 4.78 is 0. The third-order valence-electron chi connectivity index (χ3n) is 3.71. The molecular formula is C14H28N2O. The van der Waals surface area contributed by atoms with E-state index in [0.29, 0.717) is 24.4 Å². The van der Waals surface area contributed by atoms with Crippen LogP contribution in [0.25, 0.3) is 0 Å². The molecule has 0 aromatic carbocycles. The lowest BCUT2D eigenvalue weighted by molar-refractivity contribution is -0.134. The Bertz CT molecular complexity index is 224. The van der Waals surface area contributed by atoms with E-state index in [1.165, 1.54) is 32.1 Å². The maximum absolute atomic E-state index is 12.2. The number of hydrogen-bond acceptors (Lipinski definition) is 2. The van der Waals surface area contributed by atoms with Gasteiger partial charge in [-0.3, -0.25) is 4.79 Å². The molecule has 1 atom stereocenters. The summed E-state index contributed by atoms with van der Waals surface area (Å²) in [7, 11) is 0. The second kappa shape index (κ2) is 7.70. The molecule has 1 N–H and O–H groups in total. The number of nitrogens with one attached hydrogen (secondary N) is 1. The molecule has 1 amide bonds. The first kappa shape index (κ1) is 14.5. The van der Waals surface area contributed by atoms with Crippen LogP contribution in [0, 0.1) is 0 Å². The molecule has 0 heterocycles. The molecule has 1 saturated carbocycles. The van der Waals surface area contributed by atoms with Crippen molar-refractivity contribution < 1.29 is 4.79 Å². The molecule has 3 heteroatoms. The van der Waals surface area contributed by atoms with Crippen molar-refractivity contribution in [1.29, 1.82) is 0 Å². The Morgan fingerprint density at radius 2 is 1.94 bits per heavy atom. The first-order valence-electron chi connectivity index (χ1n) is 7.21. The van der Waals surface area contributed by atoms with Crippen molar-refractivity contribution in [1.82, 2.24) is 10.2 Å². The minimum absolute atomic E-state index is 0.296. The van der Waals surface area contributed by atoms with Crippen LogP contribution >= 0.6 is 0 Å². The van der Waals surface area contributed by atoms with Gasteiger partial charge in [0.25, 0.3) is 0 Å². The van der Waals surface area contributed by atoms with Gasteiger partial charge >= 0.3 is 0 Å². The van der Waals surface area contributed by atoms with E-state index in [1.54, 1.807) is 0 Å². The lowest BCUT2D eigenvalue weighted by Crippen LogP contribution is -2.43. The Hall–Kier alpha value is -0.570. The van der Waals surface area contributed by atoms with Gasteiger partial charge < -0.3 is 10.2 Å². The highest BCUT2D eigenvalue weighted by molar-refractivity contribution is 5.77. The van der Waals surface area contributed by atoms with Crippen LogP contribution in [-0.2, 0) is 4.79 Å². The average molecular weight is 240 g/mol. The fourth-order valence-electron chi connectivity index (χ4n) is 2.83. The molecule has 0 aromatic rings. The molecule has 0 radical (unpaired) electrons. The summed E-state index contributed by atoms with van der Waals surface area (Å²) in [5, 5.41) is 3.31. The summed E-state index contributed by atoms with van der Waals surface area (Å²) >= 11 is 0. The van der Waals surface area contributed by atoms with Crippen LogP contribution in [0.5, 0.6) is 0 Å². The fourth-order valence-corrected chi connectivity index (χ4v) is 2.83. The molecule has 1 aliphatic rings. The lowest BCUT2D eigenvalue weighted by atomic mass is 9.94. The number of hydrogen-bond donors (Lipinski definition) is 1. The molecular weight excluding hydrogens is 212 g/mol. The van der Waals surface area contributed by atoms with Gasteiger partial charge in [-0.05, 0) is 33.2 Å². The number of rotatable bonds is 6. The van der Waals surface area contributed by atoms with E-state index in [1.807, 2.05) is 0 Å². The van der Waals surface area contributed by atoms with E-state index in [2.05, 4.69) is 31.0 Å². The van der Waals surface area contributed by atoms with Crippen LogP contribution in [0.4, 0.5) is 0 Å². The van der Waals surface area contributed by atoms with Crippen LogP contribution < -0.4 is 5.32 Å². The molecule has 1 fully saturated rings. The van der Waals surface area contributed by atoms with Crippen LogP contribution in [0.2, 0.25) is 0 Å². The Kier molecular flexibility index (Phi) is 6.56. The summed E-state index contributed by atoms with van der Waals surface area (Å²) in [5.41, 5.74) is 0. The Morgan fingerprint density at radius 3 is 2.47 bits per heavy atom. The first-order valence-corrected chi connectivity index (χ1v) is 7.21. The topological polar surface area (TPSA) is 32.3 Å². The third-order valence-corrected chi connectivity index (χ3v) is 3.71. The Labute approximate surface area is 106 Å². The molecule has 1 unspecified atom stereocenters. The summed E-state index contributed by atoms with van der Waals surface area (Å²) in [5.74, 6) is 0.327. The molecule has 0 spiro atoms. The number of nitrogens with zero attached hydrogens (tertiary/aromatic N) is 1. The fraction of sp³-hybridized carbons (Fsp3) is 0.929. The predicted molar refractivity (Wildman–Crippen MR) is 72.0 cm³/mol. The highest BCUT2D eigenvalue weighted by Crippen LogP contribution is 2.23. The first-order chi connectivity index (χ1) is 8.19. The van der Waals surface area contributed by atoms with E-state index >= 15 is 0 Å². The smallest absolute Gasteiger partial charge is 0.224 e. The second-order valence-electron chi connectivity index (χ2n) is 5.13. The highest BCUT2D eigenvalue weighted by atomic mass is 16.2. The van der Waals surface area contributed by atoms with Crippen molar-refractivity contribution >= 4 is 5.91 Å². The van der Waals surface area contributed by atoms with Gasteiger partial charge in [0.15, 0.2) is 0 Å². The van der Waals surface area contributed by atoms with Crippen LogP contribution in [0.3, 0.4) is 0 Å². The van der Waals surface area contributed by atoms with Gasteiger partial charge in [-0.15, -0.1) is 0 Å². The van der Waals surface area contributed by atoms with Crippen molar-refractivity contribution in [3.8, 4) is 0 Å². The van der Waals surface area contributed by atoms with Gasteiger partial charge in [0.1, 0.15) is 0 Å². The summed E-state index contributed by atoms with van der Waals surface area (Å²) in [6.45, 7) is 8.08. The van der Waals surface area contributed by atoms with Crippen LogP contribution in [0.15, 0.2) is 0 Å². The Balaban J connectivity index is 2.45. The standard InChI is InChI=1S/C14H28N2O/c1-4-15-12(3)11-14(17)16(5-2)13-9-7-6-8-10-13/h12-13,15H,4-11H2,1-3H3. The number of carbonyl (C=O) groups is 1. The van der Waals surface area contributed by atoms with Gasteiger partial charge in [0.05, 0.1) is 0 Å². The van der Waals surface area contributed by atoms with E-state index in [-0.39, 0.29) is 0 Å². The maximum Gasteiger partial charge on any atom is 0.224 e. The van der Waals surface area contributed by atoms with Gasteiger partial charge in [0.2, 0.25) is 5.91 Å². The zero-order valence-corrected chi connectivity index (χ0v) is 11.7. The summed E-state index contributed by atoms with van der Waals surface area (Å²) in [6, 6.07) is 0.806. The summed E-state index contributed by atoms with van der Waals surface area (Å²) in [4.78, 5) is 14.3. The number of amides is 1. The lowest BCUT2D eigenvalue weighted by Gasteiger charge is -2.34. The zero-order chi connectivity index (χ0) is 12.7. The minimum Gasteiger partial charge on any atom is -0.340 e. The molecule has 0 aliphatic heterocycles. The van der Waals surface area contributed by atoms with E-state index in [0.717, 1.165) is 13.1 Å². The summed E-state index contributed by atoms with van der Waals surface area (Å²) in [6.07, 6.45) is 6.97. The van der Waals surface area contributed by atoms with Crippen molar-refractivity contribution in [3.63, 3.8) is 0 Å². The second-order valence-corrected chi connectivity index (χ2v) is 5.13. The van der Waals surface area contributed by atoms with Crippen molar-refractivity contribution in [2.45, 2.75) is 71.4 Å². The van der Waals surface area contributed by atoms with Gasteiger partial charge in [-0.1, -0.05) is 26.2 Å². The maximum atomic E-state index is 12.2. The van der Waals surface area contributed by atoms with Crippen LogP contribution in [0.1, 0.15) is 59.3 Å². The van der Waals surface area contributed by atoms with E-state index in [4.69, 9.17) is 0 Å². The van der Waals surface area contributed by atoms with Crippen molar-refractivity contribution in [2.24, 2.45) is 0 Å². The van der Waals surface area contributed by atoms with E-state index < -0.39 is 0 Å². The minimum atomic E-state index is 0.296. The molecule has 3 nitrogen and oxygen atoms in total. The van der Waals surface area contributed by atoms with Crippen LogP contribution in [-0.4, -0.2) is 36.0 Å². The molecule has 0 aromatic heterocycles. The molecule has 17 heavy (non-hydrogen) atoms. The molecule has 1 aliphatic carbocycles. The highest BCUT2D eigenvalue weighted by Gasteiger charge is 2.24. The molecule has 1 rings (SSSR count).